The van der Waals surface area contributed by atoms with E-state index in [1.807, 2.05) is 43.0 Å². The minimum absolute atomic E-state index is 0.0941. The molecule has 0 aliphatic carbocycles. The van der Waals surface area contributed by atoms with E-state index < -0.39 is 24.5 Å². The molecule has 3 N–H and O–H groups in total. The first-order valence-electron chi connectivity index (χ1n) is 11.8. The zero-order valence-electron chi connectivity index (χ0n) is 20.4. The van der Waals surface area contributed by atoms with Gasteiger partial charge in [0.25, 0.3) is 0 Å². The number of methoxy groups -OCH3 is 1. The highest BCUT2D eigenvalue weighted by Crippen LogP contribution is 2.33. The monoisotopic (exact) mass is 518 g/mol. The van der Waals surface area contributed by atoms with Crippen molar-refractivity contribution in [1.29, 1.82) is 0 Å². The molecule has 1 saturated heterocycles. The summed E-state index contributed by atoms with van der Waals surface area (Å²) in [7, 11) is 1.35. The standard InChI is InChI=1S/C24H31ClN6O5/c1-14(2)30(8-7-18(32)35-3)11-17-20(33)21(34)24(36-17)31-13-29-19-22(27-12-28-23(19)31)26-10-15-5-4-6-16(25)9-15/h4-6,9,12-14,17,20-21,24,33-34H,7-8,10-11H2,1-3H3,(H,26,27,28)/t17-,20-,21-,24-/m1/s1. The van der Waals surface area contributed by atoms with E-state index in [1.165, 1.54) is 19.8 Å². The Balaban J connectivity index is 1.49. The lowest BCUT2D eigenvalue weighted by atomic mass is 10.1. The van der Waals surface area contributed by atoms with Gasteiger partial charge in [-0.1, -0.05) is 23.7 Å². The Morgan fingerprint density at radius 2 is 2.08 bits per heavy atom. The molecule has 0 radical (unpaired) electrons. The molecule has 2 aromatic heterocycles. The second kappa shape index (κ2) is 11.5. The fourth-order valence-corrected chi connectivity index (χ4v) is 4.45. The molecule has 11 nitrogen and oxygen atoms in total. The zero-order valence-corrected chi connectivity index (χ0v) is 21.2. The van der Waals surface area contributed by atoms with Crippen molar-refractivity contribution in [3.05, 3.63) is 47.5 Å². The zero-order chi connectivity index (χ0) is 25.8. The highest BCUT2D eigenvalue weighted by molar-refractivity contribution is 6.30. The first-order chi connectivity index (χ1) is 17.3. The van der Waals surface area contributed by atoms with Crippen LogP contribution in [0.1, 0.15) is 32.1 Å². The van der Waals surface area contributed by atoms with Crippen LogP contribution in [0.5, 0.6) is 0 Å². The molecule has 0 spiro atoms. The number of fused-ring (bicyclic) bond motifs is 1. The molecular weight excluding hydrogens is 488 g/mol. The third-order valence-corrected chi connectivity index (χ3v) is 6.53. The van der Waals surface area contributed by atoms with Crippen molar-refractivity contribution < 1.29 is 24.5 Å². The average Bonchev–Trinajstić information content (AvgIpc) is 3.41. The van der Waals surface area contributed by atoms with E-state index in [9.17, 15) is 15.0 Å². The molecule has 0 unspecified atom stereocenters. The Morgan fingerprint density at radius 3 is 2.81 bits per heavy atom. The predicted molar refractivity (Wildman–Crippen MR) is 133 cm³/mol. The normalized spacial score (nSPS) is 22.0. The number of benzene rings is 1. The van der Waals surface area contributed by atoms with Crippen LogP contribution >= 0.6 is 11.6 Å². The molecule has 1 fully saturated rings. The van der Waals surface area contributed by atoms with E-state index >= 15 is 0 Å². The first kappa shape index (κ1) is 26.2. The molecular formula is C24H31ClN6O5. The van der Waals surface area contributed by atoms with Gasteiger partial charge in [0.15, 0.2) is 23.2 Å². The van der Waals surface area contributed by atoms with Crippen LogP contribution in [0.4, 0.5) is 5.82 Å². The molecule has 12 heteroatoms. The highest BCUT2D eigenvalue weighted by atomic mass is 35.5. The van der Waals surface area contributed by atoms with Gasteiger partial charge in [-0.3, -0.25) is 14.3 Å². The SMILES string of the molecule is COC(=O)CCN(C[C@H]1O[C@@H](n2cnc3c(NCc4cccc(Cl)c4)ncnc32)[C@H](O)[C@@H]1O)C(C)C. The van der Waals surface area contributed by atoms with Gasteiger partial charge in [-0.15, -0.1) is 0 Å². The number of aliphatic hydroxyl groups excluding tert-OH is 2. The number of anilines is 1. The van der Waals surface area contributed by atoms with E-state index in [2.05, 4.69) is 20.3 Å². The van der Waals surface area contributed by atoms with Crippen molar-refractivity contribution in [2.75, 3.05) is 25.5 Å². The molecule has 4 rings (SSSR count). The maximum absolute atomic E-state index is 11.6. The number of aromatic nitrogens is 4. The van der Waals surface area contributed by atoms with Gasteiger partial charge in [-0.2, -0.15) is 0 Å². The minimum Gasteiger partial charge on any atom is -0.469 e. The molecule has 36 heavy (non-hydrogen) atoms. The molecule has 194 valence electrons. The predicted octanol–water partition coefficient (Wildman–Crippen LogP) is 1.98. The third kappa shape index (κ3) is 5.76. The number of carbonyl (C=O) groups is 1. The van der Waals surface area contributed by atoms with Crippen LogP contribution in [0.3, 0.4) is 0 Å². The average molecular weight is 519 g/mol. The summed E-state index contributed by atoms with van der Waals surface area (Å²) in [6.07, 6.45) is -0.746. The summed E-state index contributed by atoms with van der Waals surface area (Å²) >= 11 is 6.07. The van der Waals surface area contributed by atoms with Crippen molar-refractivity contribution in [3.63, 3.8) is 0 Å². The Kier molecular flexibility index (Phi) is 8.37. The summed E-state index contributed by atoms with van der Waals surface area (Å²) in [4.78, 5) is 26.7. The number of carbonyl (C=O) groups excluding carboxylic acids is 1. The van der Waals surface area contributed by atoms with Gasteiger partial charge in [0.2, 0.25) is 0 Å². The molecule has 3 aromatic rings. The molecule has 0 saturated carbocycles. The van der Waals surface area contributed by atoms with Gasteiger partial charge in [-0.25, -0.2) is 15.0 Å². The minimum atomic E-state index is -1.19. The van der Waals surface area contributed by atoms with Crippen molar-refractivity contribution >= 4 is 34.6 Å². The number of hydrogen-bond donors (Lipinski definition) is 3. The van der Waals surface area contributed by atoms with E-state index in [0.717, 1.165) is 5.56 Å². The summed E-state index contributed by atoms with van der Waals surface area (Å²) in [6, 6.07) is 7.59. The summed E-state index contributed by atoms with van der Waals surface area (Å²) in [5.74, 6) is 0.216. The van der Waals surface area contributed by atoms with Gasteiger partial charge in [0, 0.05) is 30.7 Å². The molecule has 4 atom stereocenters. The summed E-state index contributed by atoms with van der Waals surface area (Å²) in [6.45, 7) is 5.24. The van der Waals surface area contributed by atoms with Crippen LogP contribution in [-0.4, -0.2) is 85.2 Å². The Morgan fingerprint density at radius 1 is 1.28 bits per heavy atom. The quantitative estimate of drug-likeness (QED) is 0.342. The Hall–Kier alpha value is -2.83. The number of imidazole rings is 1. The molecule has 0 amide bonds. The van der Waals surface area contributed by atoms with Crippen LogP contribution in [0.2, 0.25) is 5.02 Å². The smallest absolute Gasteiger partial charge is 0.306 e. The number of nitrogens with zero attached hydrogens (tertiary/aromatic N) is 5. The maximum Gasteiger partial charge on any atom is 0.306 e. The highest BCUT2D eigenvalue weighted by Gasteiger charge is 2.45. The third-order valence-electron chi connectivity index (χ3n) is 6.29. The van der Waals surface area contributed by atoms with Crippen LogP contribution in [0.15, 0.2) is 36.9 Å². The van der Waals surface area contributed by atoms with Crippen molar-refractivity contribution in [1.82, 2.24) is 24.4 Å². The molecule has 0 bridgehead atoms. The summed E-state index contributed by atoms with van der Waals surface area (Å²) in [5, 5.41) is 25.5. The van der Waals surface area contributed by atoms with Crippen molar-refractivity contribution in [2.24, 2.45) is 0 Å². The lowest BCUT2D eigenvalue weighted by Crippen LogP contribution is -2.43. The fourth-order valence-electron chi connectivity index (χ4n) is 4.24. The van der Waals surface area contributed by atoms with E-state index in [-0.39, 0.29) is 18.4 Å². The number of hydrogen-bond acceptors (Lipinski definition) is 10. The van der Waals surface area contributed by atoms with Crippen LogP contribution in [0, 0.1) is 0 Å². The van der Waals surface area contributed by atoms with E-state index in [0.29, 0.717) is 41.6 Å². The van der Waals surface area contributed by atoms with Gasteiger partial charge >= 0.3 is 5.97 Å². The summed E-state index contributed by atoms with van der Waals surface area (Å²) in [5.41, 5.74) is 1.95. The number of aliphatic hydroxyl groups is 2. The van der Waals surface area contributed by atoms with Gasteiger partial charge in [0.05, 0.1) is 19.9 Å². The molecule has 3 heterocycles. The lowest BCUT2D eigenvalue weighted by molar-refractivity contribution is -0.141. The molecule has 1 aliphatic heterocycles. The van der Waals surface area contributed by atoms with Crippen molar-refractivity contribution in [3.8, 4) is 0 Å². The number of rotatable bonds is 10. The number of halogens is 1. The second-order valence-corrected chi connectivity index (χ2v) is 9.43. The van der Waals surface area contributed by atoms with Gasteiger partial charge < -0.3 is 25.0 Å². The van der Waals surface area contributed by atoms with Crippen LogP contribution in [0.25, 0.3) is 11.2 Å². The van der Waals surface area contributed by atoms with Crippen LogP contribution < -0.4 is 5.32 Å². The van der Waals surface area contributed by atoms with Gasteiger partial charge in [0.1, 0.15) is 24.6 Å². The fraction of sp³-hybridized carbons (Fsp3) is 0.500. The lowest BCUT2D eigenvalue weighted by Gasteiger charge is -2.29. The van der Waals surface area contributed by atoms with Crippen molar-refractivity contribution in [2.45, 2.75) is 57.4 Å². The van der Waals surface area contributed by atoms with E-state index in [4.69, 9.17) is 21.1 Å². The van der Waals surface area contributed by atoms with E-state index in [1.54, 1.807) is 4.57 Å². The Labute approximate surface area is 214 Å². The topological polar surface area (TPSA) is 135 Å². The first-order valence-corrected chi connectivity index (χ1v) is 12.1. The maximum atomic E-state index is 11.6. The number of nitrogens with one attached hydrogen (secondary N) is 1. The number of ether oxygens (including phenoxy) is 2. The Bertz CT molecular complexity index is 1190. The largest absolute Gasteiger partial charge is 0.469 e. The second-order valence-electron chi connectivity index (χ2n) is 8.99. The molecule has 1 aliphatic rings. The number of esters is 1. The van der Waals surface area contributed by atoms with Crippen LogP contribution in [-0.2, 0) is 20.8 Å². The molecule has 1 aromatic carbocycles. The van der Waals surface area contributed by atoms with Gasteiger partial charge in [-0.05, 0) is 31.5 Å². The summed E-state index contributed by atoms with van der Waals surface area (Å²) < 4.78 is 12.4.